The number of nitrogens with two attached hydrogens (primary N) is 1. The zero-order valence-electron chi connectivity index (χ0n) is 10.6. The number of amidine groups is 1. The van der Waals surface area contributed by atoms with Gasteiger partial charge in [0, 0.05) is 18.7 Å². The average molecular weight is 237 g/mol. The molecule has 0 heterocycles. The van der Waals surface area contributed by atoms with E-state index in [2.05, 4.69) is 18.7 Å². The predicted octanol–water partition coefficient (Wildman–Crippen LogP) is 2.20. The van der Waals surface area contributed by atoms with E-state index >= 15 is 0 Å². The molecule has 0 unspecified atom stereocenters. The summed E-state index contributed by atoms with van der Waals surface area (Å²) in [5, 5.41) is 7.29. The molecule has 17 heavy (non-hydrogen) atoms. The molecule has 3 nitrogen and oxygen atoms in total. The lowest BCUT2D eigenvalue weighted by Gasteiger charge is -2.19. The van der Waals surface area contributed by atoms with Crippen molar-refractivity contribution in [1.82, 2.24) is 4.90 Å². The van der Waals surface area contributed by atoms with E-state index in [-0.39, 0.29) is 17.2 Å². The molecule has 0 fully saturated rings. The lowest BCUT2D eigenvalue weighted by molar-refractivity contribution is 0.284. The Balaban J connectivity index is 2.85. The van der Waals surface area contributed by atoms with Gasteiger partial charge in [0.05, 0.1) is 5.56 Å². The Morgan fingerprint density at radius 2 is 2.12 bits per heavy atom. The minimum absolute atomic E-state index is 0.181. The van der Waals surface area contributed by atoms with Crippen LogP contribution in [0.5, 0.6) is 0 Å². The van der Waals surface area contributed by atoms with E-state index in [4.69, 9.17) is 11.1 Å². The van der Waals surface area contributed by atoms with Crippen LogP contribution in [0.4, 0.5) is 4.39 Å². The average Bonchev–Trinajstić information content (AvgIpc) is 2.19. The predicted molar refractivity (Wildman–Crippen MR) is 68.6 cm³/mol. The molecule has 1 aromatic rings. The molecule has 0 aliphatic heterocycles. The standard InChI is InChI=1S/C13H20FN3/c1-9(2)7-17(3)8-10-5-4-6-11(12(10)14)13(15)16/h4-6,9H,7-8H2,1-3H3,(H3,15,16). The van der Waals surface area contributed by atoms with Crippen LogP contribution in [-0.4, -0.2) is 24.3 Å². The molecule has 0 saturated heterocycles. The molecule has 0 aliphatic carbocycles. The van der Waals surface area contributed by atoms with Gasteiger partial charge in [-0.3, -0.25) is 5.41 Å². The zero-order valence-corrected chi connectivity index (χ0v) is 10.6. The Morgan fingerprint density at radius 1 is 1.47 bits per heavy atom. The Labute approximate surface area is 102 Å². The lowest BCUT2D eigenvalue weighted by Crippen LogP contribution is -2.24. The van der Waals surface area contributed by atoms with Crippen molar-refractivity contribution in [2.24, 2.45) is 11.7 Å². The van der Waals surface area contributed by atoms with E-state index in [1.807, 2.05) is 7.05 Å². The van der Waals surface area contributed by atoms with E-state index in [9.17, 15) is 4.39 Å². The number of nitrogens with zero attached hydrogens (tertiary/aromatic N) is 1. The fraction of sp³-hybridized carbons (Fsp3) is 0.462. The van der Waals surface area contributed by atoms with E-state index in [1.165, 1.54) is 6.07 Å². The first-order valence-electron chi connectivity index (χ1n) is 5.72. The van der Waals surface area contributed by atoms with Crippen LogP contribution in [0.25, 0.3) is 0 Å². The van der Waals surface area contributed by atoms with Gasteiger partial charge in [-0.1, -0.05) is 26.0 Å². The van der Waals surface area contributed by atoms with Crippen LogP contribution in [0.2, 0.25) is 0 Å². The first-order chi connectivity index (χ1) is 7.91. The molecule has 0 bridgehead atoms. The maximum Gasteiger partial charge on any atom is 0.138 e. The molecule has 1 rings (SSSR count). The second kappa shape index (κ2) is 5.77. The molecule has 0 aromatic heterocycles. The molecule has 0 spiro atoms. The quantitative estimate of drug-likeness (QED) is 0.609. The third-order valence-electron chi connectivity index (χ3n) is 2.49. The van der Waals surface area contributed by atoms with Crippen LogP contribution in [0, 0.1) is 17.1 Å². The summed E-state index contributed by atoms with van der Waals surface area (Å²) in [6, 6.07) is 5.00. The Kier molecular flexibility index (Phi) is 4.63. The van der Waals surface area contributed by atoms with Crippen LogP contribution in [-0.2, 0) is 6.54 Å². The number of halogens is 1. The number of nitrogen functional groups attached to an aromatic ring is 1. The number of rotatable bonds is 5. The minimum Gasteiger partial charge on any atom is -0.384 e. The summed E-state index contributed by atoms with van der Waals surface area (Å²) in [4.78, 5) is 2.06. The van der Waals surface area contributed by atoms with Gasteiger partial charge in [-0.25, -0.2) is 4.39 Å². The molecule has 4 heteroatoms. The van der Waals surface area contributed by atoms with Gasteiger partial charge in [0.1, 0.15) is 11.7 Å². The fourth-order valence-corrected chi connectivity index (χ4v) is 1.89. The molecule has 0 radical (unpaired) electrons. The summed E-state index contributed by atoms with van der Waals surface area (Å²) in [6.07, 6.45) is 0. The van der Waals surface area contributed by atoms with Crippen LogP contribution >= 0.6 is 0 Å². The fourth-order valence-electron chi connectivity index (χ4n) is 1.89. The summed E-state index contributed by atoms with van der Waals surface area (Å²) in [7, 11) is 1.96. The number of benzene rings is 1. The number of nitrogens with one attached hydrogen (secondary N) is 1. The molecular weight excluding hydrogens is 217 g/mol. The molecule has 0 amide bonds. The zero-order chi connectivity index (χ0) is 13.0. The first kappa shape index (κ1) is 13.6. The van der Waals surface area contributed by atoms with Gasteiger partial charge in [0.15, 0.2) is 0 Å². The summed E-state index contributed by atoms with van der Waals surface area (Å²) in [6.45, 7) is 5.69. The summed E-state index contributed by atoms with van der Waals surface area (Å²) in [5.74, 6) is -0.0643. The summed E-state index contributed by atoms with van der Waals surface area (Å²) >= 11 is 0. The maximum atomic E-state index is 14.0. The van der Waals surface area contributed by atoms with Gasteiger partial charge < -0.3 is 10.6 Å². The monoisotopic (exact) mass is 237 g/mol. The third-order valence-corrected chi connectivity index (χ3v) is 2.49. The van der Waals surface area contributed by atoms with Gasteiger partial charge >= 0.3 is 0 Å². The molecule has 3 N–H and O–H groups in total. The van der Waals surface area contributed by atoms with Crippen LogP contribution in [0.1, 0.15) is 25.0 Å². The van der Waals surface area contributed by atoms with Crippen molar-refractivity contribution in [2.45, 2.75) is 20.4 Å². The second-order valence-corrected chi connectivity index (χ2v) is 4.78. The first-order valence-corrected chi connectivity index (χ1v) is 5.72. The van der Waals surface area contributed by atoms with Crippen molar-refractivity contribution in [1.29, 1.82) is 5.41 Å². The topological polar surface area (TPSA) is 53.1 Å². The van der Waals surface area contributed by atoms with E-state index in [1.54, 1.807) is 12.1 Å². The number of hydrogen-bond acceptors (Lipinski definition) is 2. The highest BCUT2D eigenvalue weighted by atomic mass is 19.1. The van der Waals surface area contributed by atoms with E-state index in [0.29, 0.717) is 18.0 Å². The van der Waals surface area contributed by atoms with Crippen LogP contribution < -0.4 is 5.73 Å². The van der Waals surface area contributed by atoms with Crippen molar-refractivity contribution >= 4 is 5.84 Å². The summed E-state index contributed by atoms with van der Waals surface area (Å²) < 4.78 is 14.0. The largest absolute Gasteiger partial charge is 0.384 e. The normalized spacial score (nSPS) is 11.2. The van der Waals surface area contributed by atoms with E-state index in [0.717, 1.165) is 6.54 Å². The van der Waals surface area contributed by atoms with Crippen LogP contribution in [0.15, 0.2) is 18.2 Å². The molecule has 1 aromatic carbocycles. The van der Waals surface area contributed by atoms with Gasteiger partial charge in [-0.05, 0) is 19.0 Å². The molecular formula is C13H20FN3. The van der Waals surface area contributed by atoms with Crippen molar-refractivity contribution < 1.29 is 4.39 Å². The second-order valence-electron chi connectivity index (χ2n) is 4.78. The van der Waals surface area contributed by atoms with Crippen molar-refractivity contribution in [2.75, 3.05) is 13.6 Å². The van der Waals surface area contributed by atoms with Crippen molar-refractivity contribution in [3.8, 4) is 0 Å². The van der Waals surface area contributed by atoms with Gasteiger partial charge in [0.2, 0.25) is 0 Å². The Hall–Kier alpha value is -1.42. The highest BCUT2D eigenvalue weighted by Crippen LogP contribution is 2.14. The highest BCUT2D eigenvalue weighted by molar-refractivity contribution is 5.95. The van der Waals surface area contributed by atoms with Gasteiger partial charge in [0.25, 0.3) is 0 Å². The SMILES string of the molecule is CC(C)CN(C)Cc1cccc(C(=N)N)c1F. The van der Waals surface area contributed by atoms with E-state index < -0.39 is 0 Å². The molecule has 0 atom stereocenters. The van der Waals surface area contributed by atoms with Gasteiger partial charge in [-0.2, -0.15) is 0 Å². The Morgan fingerprint density at radius 3 is 2.65 bits per heavy atom. The third kappa shape index (κ3) is 3.82. The molecule has 0 saturated carbocycles. The maximum absolute atomic E-state index is 14.0. The van der Waals surface area contributed by atoms with Crippen LogP contribution in [0.3, 0.4) is 0 Å². The number of hydrogen-bond donors (Lipinski definition) is 2. The molecule has 0 aliphatic rings. The van der Waals surface area contributed by atoms with Crippen molar-refractivity contribution in [3.63, 3.8) is 0 Å². The smallest absolute Gasteiger partial charge is 0.138 e. The molecule has 94 valence electrons. The van der Waals surface area contributed by atoms with Gasteiger partial charge in [-0.15, -0.1) is 0 Å². The highest BCUT2D eigenvalue weighted by Gasteiger charge is 2.12. The van der Waals surface area contributed by atoms with Crippen molar-refractivity contribution in [3.05, 3.63) is 35.1 Å². The minimum atomic E-state index is -0.379. The Bertz CT molecular complexity index is 402. The lowest BCUT2D eigenvalue weighted by atomic mass is 10.1. The summed E-state index contributed by atoms with van der Waals surface area (Å²) in [5.41, 5.74) is 6.09.